The van der Waals surface area contributed by atoms with Crippen LogP contribution in [0.5, 0.6) is 0 Å². The van der Waals surface area contributed by atoms with Gasteiger partial charge in [-0.05, 0) is 36.7 Å². The first-order valence-electron chi connectivity index (χ1n) is 6.18. The van der Waals surface area contributed by atoms with E-state index in [2.05, 4.69) is 46.6 Å². The fourth-order valence-electron chi connectivity index (χ4n) is 2.67. The van der Waals surface area contributed by atoms with Crippen molar-refractivity contribution < 1.29 is 4.74 Å². The standard InChI is InChI=1S/C13H23IO/c1-3-15-11(2)13(9-10-14)12-7-5-4-6-8-12/h9-13H,3-8H2,1-2H3/b10-9+/t11?,13-/m1/s1. The van der Waals surface area contributed by atoms with Crippen LogP contribution in [0.1, 0.15) is 46.0 Å². The van der Waals surface area contributed by atoms with Gasteiger partial charge in [-0.1, -0.05) is 47.9 Å². The second kappa shape index (κ2) is 7.66. The molecule has 2 atom stereocenters. The van der Waals surface area contributed by atoms with E-state index in [-0.39, 0.29) is 0 Å². The minimum atomic E-state index is 0.379. The molecule has 0 heterocycles. The lowest BCUT2D eigenvalue weighted by Gasteiger charge is -2.32. The second-order valence-corrected chi connectivity index (χ2v) is 5.17. The van der Waals surface area contributed by atoms with Crippen molar-refractivity contribution in [3.63, 3.8) is 0 Å². The lowest BCUT2D eigenvalue weighted by atomic mass is 9.78. The molecular weight excluding hydrogens is 299 g/mol. The minimum absolute atomic E-state index is 0.379. The maximum absolute atomic E-state index is 5.76. The Morgan fingerprint density at radius 2 is 2.00 bits per heavy atom. The predicted molar refractivity (Wildman–Crippen MR) is 74.3 cm³/mol. The zero-order valence-corrected chi connectivity index (χ0v) is 12.1. The Hall–Kier alpha value is 0.430. The Morgan fingerprint density at radius 3 is 2.53 bits per heavy atom. The molecule has 0 aromatic heterocycles. The fraction of sp³-hybridized carbons (Fsp3) is 0.846. The van der Waals surface area contributed by atoms with E-state index in [0.29, 0.717) is 12.0 Å². The highest BCUT2D eigenvalue weighted by Gasteiger charge is 2.26. The lowest BCUT2D eigenvalue weighted by Crippen LogP contribution is -2.28. The average Bonchev–Trinajstić information content (AvgIpc) is 2.27. The third-order valence-corrected chi connectivity index (χ3v) is 3.88. The number of hydrogen-bond donors (Lipinski definition) is 0. The van der Waals surface area contributed by atoms with Gasteiger partial charge in [-0.2, -0.15) is 0 Å². The van der Waals surface area contributed by atoms with Crippen LogP contribution >= 0.6 is 22.6 Å². The molecule has 0 aromatic carbocycles. The second-order valence-electron chi connectivity index (χ2n) is 4.45. The summed E-state index contributed by atoms with van der Waals surface area (Å²) in [6.07, 6.45) is 9.76. The Kier molecular flexibility index (Phi) is 6.89. The summed E-state index contributed by atoms with van der Waals surface area (Å²) in [5, 5.41) is 0. The molecule has 0 aliphatic heterocycles. The van der Waals surface area contributed by atoms with Crippen molar-refractivity contribution in [3.05, 3.63) is 10.2 Å². The minimum Gasteiger partial charge on any atom is -0.378 e. The van der Waals surface area contributed by atoms with Crippen LogP contribution in [0.2, 0.25) is 0 Å². The molecular formula is C13H23IO. The molecule has 1 fully saturated rings. The fourth-order valence-corrected chi connectivity index (χ4v) is 3.15. The Bertz CT molecular complexity index is 185. The monoisotopic (exact) mass is 322 g/mol. The molecule has 0 spiro atoms. The summed E-state index contributed by atoms with van der Waals surface area (Å²) >= 11 is 2.32. The molecule has 1 unspecified atom stereocenters. The van der Waals surface area contributed by atoms with Gasteiger partial charge in [-0.25, -0.2) is 0 Å². The van der Waals surface area contributed by atoms with Gasteiger partial charge in [0.25, 0.3) is 0 Å². The van der Waals surface area contributed by atoms with Crippen LogP contribution in [0.25, 0.3) is 0 Å². The molecule has 0 bridgehead atoms. The van der Waals surface area contributed by atoms with E-state index >= 15 is 0 Å². The predicted octanol–water partition coefficient (Wildman–Crippen LogP) is 4.56. The van der Waals surface area contributed by atoms with E-state index in [0.717, 1.165) is 12.5 Å². The molecule has 88 valence electrons. The highest BCUT2D eigenvalue weighted by molar-refractivity contribution is 14.1. The van der Waals surface area contributed by atoms with Crippen molar-refractivity contribution in [3.8, 4) is 0 Å². The van der Waals surface area contributed by atoms with E-state index in [1.807, 2.05) is 0 Å². The summed E-state index contributed by atoms with van der Waals surface area (Å²) in [6, 6.07) is 0. The van der Waals surface area contributed by atoms with Crippen LogP contribution in [0.15, 0.2) is 10.2 Å². The summed E-state index contributed by atoms with van der Waals surface area (Å²) in [5.74, 6) is 1.48. The van der Waals surface area contributed by atoms with Crippen molar-refractivity contribution in [1.82, 2.24) is 0 Å². The normalized spacial score (nSPS) is 23.1. The Labute approximate surface area is 108 Å². The maximum atomic E-state index is 5.76. The first kappa shape index (κ1) is 13.5. The molecule has 0 amide bonds. The van der Waals surface area contributed by atoms with Crippen molar-refractivity contribution in [1.29, 1.82) is 0 Å². The van der Waals surface area contributed by atoms with Gasteiger partial charge in [0, 0.05) is 12.5 Å². The van der Waals surface area contributed by atoms with Crippen molar-refractivity contribution >= 4 is 22.6 Å². The maximum Gasteiger partial charge on any atom is 0.0612 e. The van der Waals surface area contributed by atoms with Crippen LogP contribution in [-0.2, 0) is 4.74 Å². The highest BCUT2D eigenvalue weighted by atomic mass is 127. The molecule has 0 aromatic rings. The average molecular weight is 322 g/mol. The topological polar surface area (TPSA) is 9.23 Å². The van der Waals surface area contributed by atoms with Crippen LogP contribution in [0, 0.1) is 11.8 Å². The van der Waals surface area contributed by atoms with Crippen LogP contribution in [0.4, 0.5) is 0 Å². The third kappa shape index (κ3) is 4.43. The first-order valence-corrected chi connectivity index (χ1v) is 7.42. The van der Waals surface area contributed by atoms with Gasteiger partial charge in [0.15, 0.2) is 0 Å². The van der Waals surface area contributed by atoms with Gasteiger partial charge in [0.2, 0.25) is 0 Å². The van der Waals surface area contributed by atoms with E-state index in [4.69, 9.17) is 4.74 Å². The number of hydrogen-bond acceptors (Lipinski definition) is 1. The number of rotatable bonds is 5. The molecule has 0 saturated heterocycles. The summed E-state index contributed by atoms with van der Waals surface area (Å²) in [6.45, 7) is 5.14. The molecule has 2 heteroatoms. The van der Waals surface area contributed by atoms with Crippen molar-refractivity contribution in [2.24, 2.45) is 11.8 Å². The molecule has 1 nitrogen and oxygen atoms in total. The van der Waals surface area contributed by atoms with Gasteiger partial charge in [0.1, 0.15) is 0 Å². The van der Waals surface area contributed by atoms with Gasteiger partial charge in [0.05, 0.1) is 6.10 Å². The molecule has 0 N–H and O–H groups in total. The number of halogens is 1. The Morgan fingerprint density at radius 1 is 1.33 bits per heavy atom. The Balaban J connectivity index is 2.54. The van der Waals surface area contributed by atoms with E-state index < -0.39 is 0 Å². The number of ether oxygens (including phenoxy) is 1. The van der Waals surface area contributed by atoms with Gasteiger partial charge in [-0.3, -0.25) is 0 Å². The zero-order valence-electron chi connectivity index (χ0n) is 9.92. The molecule has 1 saturated carbocycles. The zero-order chi connectivity index (χ0) is 11.1. The smallest absolute Gasteiger partial charge is 0.0612 e. The summed E-state index contributed by atoms with van der Waals surface area (Å²) in [5.41, 5.74) is 0. The van der Waals surface area contributed by atoms with E-state index in [9.17, 15) is 0 Å². The van der Waals surface area contributed by atoms with Crippen molar-refractivity contribution in [2.45, 2.75) is 52.1 Å². The first-order chi connectivity index (χ1) is 7.29. The largest absolute Gasteiger partial charge is 0.378 e. The summed E-state index contributed by atoms with van der Waals surface area (Å²) in [7, 11) is 0. The third-order valence-electron chi connectivity index (χ3n) is 3.46. The lowest BCUT2D eigenvalue weighted by molar-refractivity contribution is 0.0226. The van der Waals surface area contributed by atoms with Gasteiger partial charge in [-0.15, -0.1) is 0 Å². The SMILES string of the molecule is CCOC(C)[C@@H](/C=C/I)C1CCCCC1. The molecule has 1 aliphatic rings. The van der Waals surface area contributed by atoms with E-state index in [1.165, 1.54) is 32.1 Å². The van der Waals surface area contributed by atoms with Crippen LogP contribution in [-0.4, -0.2) is 12.7 Å². The van der Waals surface area contributed by atoms with Gasteiger partial charge >= 0.3 is 0 Å². The summed E-state index contributed by atoms with van der Waals surface area (Å²) in [4.78, 5) is 0. The van der Waals surface area contributed by atoms with Crippen molar-refractivity contribution in [2.75, 3.05) is 6.61 Å². The molecule has 0 radical (unpaired) electrons. The van der Waals surface area contributed by atoms with Crippen LogP contribution < -0.4 is 0 Å². The highest BCUT2D eigenvalue weighted by Crippen LogP contribution is 2.33. The summed E-state index contributed by atoms with van der Waals surface area (Å²) < 4.78 is 7.91. The molecule has 15 heavy (non-hydrogen) atoms. The van der Waals surface area contributed by atoms with E-state index in [1.54, 1.807) is 0 Å². The van der Waals surface area contributed by atoms with Crippen LogP contribution in [0.3, 0.4) is 0 Å². The van der Waals surface area contributed by atoms with Gasteiger partial charge < -0.3 is 4.74 Å². The molecule has 1 rings (SSSR count). The quantitative estimate of drug-likeness (QED) is 0.675. The molecule has 1 aliphatic carbocycles.